The van der Waals surface area contributed by atoms with Crippen LogP contribution < -0.4 is 0 Å². The Bertz CT molecular complexity index is 625. The number of rotatable bonds is 3. The number of halogens is 2. The van der Waals surface area contributed by atoms with Crippen molar-refractivity contribution in [2.75, 3.05) is 0 Å². The average Bonchev–Trinajstić information content (AvgIpc) is 2.52. The normalized spacial score (nSPS) is 24.2. The maximum absolute atomic E-state index is 13.4. The first kappa shape index (κ1) is 16.7. The van der Waals surface area contributed by atoms with Crippen LogP contribution in [0.3, 0.4) is 0 Å². The minimum absolute atomic E-state index is 0.0226. The topological polar surface area (TPSA) is 66.8 Å². The third-order valence-electron chi connectivity index (χ3n) is 5.00. The fourth-order valence-electron chi connectivity index (χ4n) is 3.60. The molecule has 0 aromatic heterocycles. The fraction of sp³-hybridized carbons (Fsp3) is 0.529. The van der Waals surface area contributed by atoms with Crippen LogP contribution in [0.5, 0.6) is 0 Å². The standard InChI is InChI=1S/C17H19F2NO4/c18-17(19)8-6-16(7-9-17)10-13(14(21)22)20(16)15(23)24-11-12-4-2-1-3-5-12/h1-5,13H,6-11H2,(H,21,22). The molecule has 1 saturated heterocycles. The van der Waals surface area contributed by atoms with E-state index in [2.05, 4.69) is 0 Å². The molecule has 0 bridgehead atoms. The molecule has 0 radical (unpaired) electrons. The van der Waals surface area contributed by atoms with Crippen molar-refractivity contribution in [1.82, 2.24) is 4.90 Å². The molecular formula is C17H19F2NO4. The summed E-state index contributed by atoms with van der Waals surface area (Å²) in [7, 11) is 0. The van der Waals surface area contributed by atoms with Crippen molar-refractivity contribution < 1.29 is 28.2 Å². The van der Waals surface area contributed by atoms with Gasteiger partial charge in [0.15, 0.2) is 0 Å². The van der Waals surface area contributed by atoms with Gasteiger partial charge < -0.3 is 9.84 Å². The second kappa shape index (κ2) is 6.03. The van der Waals surface area contributed by atoms with Gasteiger partial charge in [-0.3, -0.25) is 4.90 Å². The highest BCUT2D eigenvalue weighted by Crippen LogP contribution is 2.51. The lowest BCUT2D eigenvalue weighted by Gasteiger charge is -2.58. The lowest BCUT2D eigenvalue weighted by Crippen LogP contribution is -2.71. The van der Waals surface area contributed by atoms with E-state index in [1.807, 2.05) is 6.07 Å². The molecule has 1 unspecified atom stereocenters. The number of carbonyl (C=O) groups is 2. The van der Waals surface area contributed by atoms with Crippen molar-refractivity contribution in [3.63, 3.8) is 0 Å². The van der Waals surface area contributed by atoms with Crippen LogP contribution in [-0.4, -0.2) is 39.6 Å². The number of aliphatic carboxylic acids is 1. The molecule has 1 spiro atoms. The molecule has 1 aliphatic carbocycles. The smallest absolute Gasteiger partial charge is 0.411 e. The molecule has 1 heterocycles. The predicted octanol–water partition coefficient (Wildman–Crippen LogP) is 3.43. The molecule has 1 N–H and O–H groups in total. The number of carboxylic acids is 1. The van der Waals surface area contributed by atoms with E-state index < -0.39 is 29.6 Å². The third-order valence-corrected chi connectivity index (χ3v) is 5.00. The number of ether oxygens (including phenoxy) is 1. The molecule has 1 aromatic rings. The molecule has 1 amide bonds. The zero-order valence-corrected chi connectivity index (χ0v) is 13.1. The SMILES string of the molecule is O=C(O)C1CC2(CCC(F)(F)CC2)N1C(=O)OCc1ccccc1. The van der Waals surface area contributed by atoms with Crippen molar-refractivity contribution in [1.29, 1.82) is 0 Å². The van der Waals surface area contributed by atoms with Gasteiger partial charge in [0.2, 0.25) is 5.92 Å². The largest absolute Gasteiger partial charge is 0.480 e. The molecule has 130 valence electrons. The minimum atomic E-state index is -2.74. The van der Waals surface area contributed by atoms with Crippen LogP contribution in [-0.2, 0) is 16.1 Å². The number of amides is 1. The number of alkyl halides is 2. The number of nitrogens with zero attached hydrogens (tertiary/aromatic N) is 1. The van der Waals surface area contributed by atoms with Gasteiger partial charge >= 0.3 is 12.1 Å². The molecule has 3 rings (SSSR count). The zero-order chi connectivity index (χ0) is 17.4. The van der Waals surface area contributed by atoms with Gasteiger partial charge in [0.05, 0.1) is 5.54 Å². The van der Waals surface area contributed by atoms with Crippen LogP contribution in [0.2, 0.25) is 0 Å². The molecule has 24 heavy (non-hydrogen) atoms. The zero-order valence-electron chi connectivity index (χ0n) is 13.1. The molecule has 5 nitrogen and oxygen atoms in total. The van der Waals surface area contributed by atoms with Gasteiger partial charge in [-0.15, -0.1) is 0 Å². The molecule has 2 fully saturated rings. The molecular weight excluding hydrogens is 320 g/mol. The predicted molar refractivity (Wildman–Crippen MR) is 80.7 cm³/mol. The quantitative estimate of drug-likeness (QED) is 0.916. The summed E-state index contributed by atoms with van der Waals surface area (Å²) in [4.78, 5) is 24.9. The van der Waals surface area contributed by atoms with Gasteiger partial charge in [0.25, 0.3) is 0 Å². The Morgan fingerprint density at radius 3 is 2.38 bits per heavy atom. The highest BCUT2D eigenvalue weighted by Gasteiger charge is 2.60. The van der Waals surface area contributed by atoms with Gasteiger partial charge in [-0.25, -0.2) is 18.4 Å². The van der Waals surface area contributed by atoms with E-state index in [4.69, 9.17) is 4.74 Å². The second-order valence-corrected chi connectivity index (χ2v) is 6.55. The fourth-order valence-corrected chi connectivity index (χ4v) is 3.60. The van der Waals surface area contributed by atoms with Crippen LogP contribution in [0.15, 0.2) is 30.3 Å². The first-order valence-electron chi connectivity index (χ1n) is 7.94. The lowest BCUT2D eigenvalue weighted by molar-refractivity contribution is -0.169. The van der Waals surface area contributed by atoms with Crippen LogP contribution >= 0.6 is 0 Å². The van der Waals surface area contributed by atoms with E-state index in [-0.39, 0.29) is 38.7 Å². The van der Waals surface area contributed by atoms with E-state index in [9.17, 15) is 23.5 Å². The van der Waals surface area contributed by atoms with Gasteiger partial charge in [-0.1, -0.05) is 30.3 Å². The molecule has 7 heteroatoms. The molecule has 1 aliphatic heterocycles. The van der Waals surface area contributed by atoms with Crippen molar-refractivity contribution >= 4 is 12.1 Å². The first-order valence-corrected chi connectivity index (χ1v) is 7.94. The average molecular weight is 339 g/mol. The van der Waals surface area contributed by atoms with E-state index >= 15 is 0 Å². The van der Waals surface area contributed by atoms with Crippen molar-refractivity contribution in [2.24, 2.45) is 0 Å². The Hall–Kier alpha value is -2.18. The second-order valence-electron chi connectivity index (χ2n) is 6.55. The van der Waals surface area contributed by atoms with Crippen molar-refractivity contribution in [3.8, 4) is 0 Å². The van der Waals surface area contributed by atoms with Crippen LogP contribution in [0.1, 0.15) is 37.7 Å². The highest BCUT2D eigenvalue weighted by atomic mass is 19.3. The Morgan fingerprint density at radius 1 is 1.17 bits per heavy atom. The summed E-state index contributed by atoms with van der Waals surface area (Å²) in [6.07, 6.45) is -1.00. The van der Waals surface area contributed by atoms with E-state index in [0.29, 0.717) is 0 Å². The summed E-state index contributed by atoms with van der Waals surface area (Å²) in [5.74, 6) is -3.87. The number of carbonyl (C=O) groups excluding carboxylic acids is 1. The lowest BCUT2D eigenvalue weighted by atomic mass is 9.68. The van der Waals surface area contributed by atoms with Gasteiger partial charge in [0, 0.05) is 19.3 Å². The molecule has 2 aliphatic rings. The number of likely N-dealkylation sites (tertiary alicyclic amines) is 1. The van der Waals surface area contributed by atoms with Crippen LogP contribution in [0.25, 0.3) is 0 Å². The number of hydrogen-bond donors (Lipinski definition) is 1. The van der Waals surface area contributed by atoms with Crippen LogP contribution in [0.4, 0.5) is 13.6 Å². The maximum Gasteiger partial charge on any atom is 0.411 e. The van der Waals surface area contributed by atoms with Crippen LogP contribution in [0, 0.1) is 0 Å². The number of hydrogen-bond acceptors (Lipinski definition) is 3. The molecule has 1 aromatic carbocycles. The molecule has 1 atom stereocenters. The Balaban J connectivity index is 1.69. The van der Waals surface area contributed by atoms with Gasteiger partial charge in [-0.05, 0) is 18.4 Å². The molecule has 1 saturated carbocycles. The summed E-state index contributed by atoms with van der Waals surface area (Å²) in [5.41, 5.74) is -0.0270. The Labute approximate surface area is 138 Å². The monoisotopic (exact) mass is 339 g/mol. The highest BCUT2D eigenvalue weighted by molar-refractivity contribution is 5.83. The number of carboxylic acid groups (broad SMARTS) is 1. The third kappa shape index (κ3) is 3.07. The van der Waals surface area contributed by atoms with Gasteiger partial charge in [-0.2, -0.15) is 0 Å². The van der Waals surface area contributed by atoms with E-state index in [1.54, 1.807) is 24.3 Å². The maximum atomic E-state index is 13.4. The van der Waals surface area contributed by atoms with E-state index in [1.165, 1.54) is 0 Å². The van der Waals surface area contributed by atoms with E-state index in [0.717, 1.165) is 10.5 Å². The van der Waals surface area contributed by atoms with Crippen molar-refractivity contribution in [3.05, 3.63) is 35.9 Å². The minimum Gasteiger partial charge on any atom is -0.480 e. The van der Waals surface area contributed by atoms with Gasteiger partial charge in [0.1, 0.15) is 12.6 Å². The Kier molecular flexibility index (Phi) is 4.19. The van der Waals surface area contributed by atoms with Crippen molar-refractivity contribution in [2.45, 2.75) is 56.2 Å². The Morgan fingerprint density at radius 2 is 1.79 bits per heavy atom. The summed E-state index contributed by atoms with van der Waals surface area (Å²) < 4.78 is 32.0. The first-order chi connectivity index (χ1) is 11.3. The summed E-state index contributed by atoms with van der Waals surface area (Å²) in [5, 5.41) is 9.26. The number of benzene rings is 1. The summed E-state index contributed by atoms with van der Waals surface area (Å²) in [6, 6.07) is 8.01. The summed E-state index contributed by atoms with van der Waals surface area (Å²) >= 11 is 0. The summed E-state index contributed by atoms with van der Waals surface area (Å²) in [6.45, 7) is 0.0226.